The minimum absolute atomic E-state index is 0.00947. The van der Waals surface area contributed by atoms with Crippen molar-refractivity contribution in [2.75, 3.05) is 6.61 Å². The lowest BCUT2D eigenvalue weighted by Crippen LogP contribution is -2.74. The molecule has 2 aliphatic heterocycles. The lowest BCUT2D eigenvalue weighted by Gasteiger charge is -2.52. The zero-order chi connectivity index (χ0) is 32.1. The zero-order valence-electron chi connectivity index (χ0n) is 24.4. The summed E-state index contributed by atoms with van der Waals surface area (Å²) >= 11 is 0. The molecular weight excluding hydrogens is 587 g/mol. The summed E-state index contributed by atoms with van der Waals surface area (Å²) < 4.78 is 45.1. The van der Waals surface area contributed by atoms with E-state index in [1.165, 1.54) is 28.9 Å². The van der Waals surface area contributed by atoms with Gasteiger partial charge in [0.05, 0.1) is 17.6 Å². The van der Waals surface area contributed by atoms with Crippen molar-refractivity contribution in [3.8, 4) is 0 Å². The first-order valence-corrected chi connectivity index (χ1v) is 14.5. The standard InChI is InChI=1S/C34H32F3N3O5/c1-22(41)15-17-28(31(42)38-20-24-11-8-14-26(19-24)34(35,36)37)39-27(18-16-23-9-4-2-5-10-23)30(32(39)43)40-29(21-45-33(40)44)25-12-6-3-7-13-25/h2-14,16,18-19,27-30H,15,17,20-21H2,1H3,(H,38,42)/b18-16+/t27-,28?,29-,30+/m1/s1. The van der Waals surface area contributed by atoms with E-state index in [0.717, 1.165) is 23.3 Å². The number of cyclic esters (lactones) is 1. The highest BCUT2D eigenvalue weighted by molar-refractivity contribution is 5.98. The van der Waals surface area contributed by atoms with Gasteiger partial charge in [-0.3, -0.25) is 14.5 Å². The van der Waals surface area contributed by atoms with Crippen LogP contribution in [0.1, 0.15) is 48.1 Å². The number of ketones is 1. The number of benzene rings is 3. The summed E-state index contributed by atoms with van der Waals surface area (Å²) in [5.41, 5.74) is 0.989. The van der Waals surface area contributed by atoms with Crippen LogP contribution in [-0.2, 0) is 31.8 Å². The van der Waals surface area contributed by atoms with Crippen LogP contribution in [0.2, 0.25) is 0 Å². The van der Waals surface area contributed by atoms with Gasteiger partial charge in [-0.2, -0.15) is 13.2 Å². The quantitative estimate of drug-likeness (QED) is 0.284. The minimum atomic E-state index is -4.55. The van der Waals surface area contributed by atoms with E-state index >= 15 is 0 Å². The molecule has 2 saturated heterocycles. The summed E-state index contributed by atoms with van der Waals surface area (Å²) in [7, 11) is 0. The maximum absolute atomic E-state index is 14.0. The first-order valence-electron chi connectivity index (χ1n) is 14.5. The van der Waals surface area contributed by atoms with Crippen molar-refractivity contribution in [3.63, 3.8) is 0 Å². The Balaban J connectivity index is 1.44. The number of hydrogen-bond donors (Lipinski definition) is 1. The Kier molecular flexibility index (Phi) is 9.36. The monoisotopic (exact) mass is 619 g/mol. The Morgan fingerprint density at radius 1 is 1.00 bits per heavy atom. The minimum Gasteiger partial charge on any atom is -0.447 e. The number of ether oxygens (including phenoxy) is 1. The molecule has 11 heteroatoms. The van der Waals surface area contributed by atoms with Gasteiger partial charge in [-0.15, -0.1) is 0 Å². The Morgan fingerprint density at radius 3 is 2.36 bits per heavy atom. The summed E-state index contributed by atoms with van der Waals surface area (Å²) in [6.07, 6.45) is -1.69. The van der Waals surface area contributed by atoms with E-state index in [1.54, 1.807) is 12.2 Å². The molecule has 0 radical (unpaired) electrons. The Hall–Kier alpha value is -4.93. The first-order chi connectivity index (χ1) is 21.5. The summed E-state index contributed by atoms with van der Waals surface area (Å²) in [5, 5.41) is 2.65. The van der Waals surface area contributed by atoms with Crippen LogP contribution >= 0.6 is 0 Å². The number of Topliss-reactive ketones (excluding diaryl/α,β-unsaturated/α-hetero) is 1. The molecule has 2 aliphatic rings. The van der Waals surface area contributed by atoms with Gasteiger partial charge in [0.2, 0.25) is 11.8 Å². The molecule has 0 saturated carbocycles. The van der Waals surface area contributed by atoms with Gasteiger partial charge in [-0.1, -0.05) is 84.9 Å². The number of carbonyl (C=O) groups excluding carboxylic acids is 4. The fraction of sp³-hybridized carbons (Fsp3) is 0.294. The van der Waals surface area contributed by atoms with Crippen LogP contribution < -0.4 is 5.32 Å². The highest BCUT2D eigenvalue weighted by atomic mass is 19.4. The summed E-state index contributed by atoms with van der Waals surface area (Å²) in [4.78, 5) is 55.4. The van der Waals surface area contributed by atoms with Gasteiger partial charge in [0.15, 0.2) is 0 Å². The predicted octanol–water partition coefficient (Wildman–Crippen LogP) is 5.55. The number of nitrogens with zero attached hydrogens (tertiary/aromatic N) is 2. The SMILES string of the molecule is CC(=O)CCC(C(=O)NCc1cccc(C(F)(F)F)c1)N1C(=O)[C@@H](N2C(=O)OC[C@@H]2c2ccccc2)[C@H]1/C=C/c1ccccc1. The van der Waals surface area contributed by atoms with Crippen LogP contribution in [0.15, 0.2) is 91.0 Å². The molecule has 0 aromatic heterocycles. The molecule has 0 bridgehead atoms. The molecule has 3 amide bonds. The predicted molar refractivity (Wildman–Crippen MR) is 159 cm³/mol. The van der Waals surface area contributed by atoms with Gasteiger partial charge >= 0.3 is 12.3 Å². The summed E-state index contributed by atoms with van der Waals surface area (Å²) in [5.74, 6) is -1.32. The van der Waals surface area contributed by atoms with Gasteiger partial charge in [0, 0.05) is 13.0 Å². The van der Waals surface area contributed by atoms with Gasteiger partial charge in [0.25, 0.3) is 0 Å². The molecule has 1 N–H and O–H groups in total. The topological polar surface area (TPSA) is 96.0 Å². The number of alkyl halides is 3. The van der Waals surface area contributed by atoms with Crippen LogP contribution in [0.25, 0.3) is 6.08 Å². The third-order valence-electron chi connectivity index (χ3n) is 7.96. The Labute approximate surface area is 258 Å². The average molecular weight is 620 g/mol. The van der Waals surface area contributed by atoms with Crippen molar-refractivity contribution in [2.45, 2.75) is 56.7 Å². The van der Waals surface area contributed by atoms with Crippen LogP contribution in [0, 0.1) is 0 Å². The second-order valence-electron chi connectivity index (χ2n) is 11.0. The zero-order valence-corrected chi connectivity index (χ0v) is 24.4. The molecular formula is C34H32F3N3O5. The summed E-state index contributed by atoms with van der Waals surface area (Å²) in [6.45, 7) is 1.20. The molecule has 1 unspecified atom stereocenters. The normalized spacial score (nSPS) is 20.6. The molecule has 8 nitrogen and oxygen atoms in total. The van der Waals surface area contributed by atoms with Gasteiger partial charge in [-0.25, -0.2) is 4.79 Å². The van der Waals surface area contributed by atoms with Crippen LogP contribution in [-0.4, -0.2) is 58.2 Å². The average Bonchev–Trinajstić information content (AvgIpc) is 3.40. The van der Waals surface area contributed by atoms with E-state index in [-0.39, 0.29) is 37.3 Å². The second-order valence-corrected chi connectivity index (χ2v) is 11.0. The number of amides is 3. The third kappa shape index (κ3) is 7.08. The molecule has 234 valence electrons. The number of carbonyl (C=O) groups is 4. The molecule has 2 fully saturated rings. The van der Waals surface area contributed by atoms with E-state index in [4.69, 9.17) is 4.74 Å². The largest absolute Gasteiger partial charge is 0.447 e. The smallest absolute Gasteiger partial charge is 0.416 e. The third-order valence-corrected chi connectivity index (χ3v) is 7.96. The fourth-order valence-electron chi connectivity index (χ4n) is 5.71. The van der Waals surface area contributed by atoms with E-state index < -0.39 is 53.8 Å². The van der Waals surface area contributed by atoms with Crippen molar-refractivity contribution < 1.29 is 37.1 Å². The van der Waals surface area contributed by atoms with E-state index in [1.807, 2.05) is 60.7 Å². The summed E-state index contributed by atoms with van der Waals surface area (Å²) in [6, 6.07) is 19.6. The lowest BCUT2D eigenvalue weighted by atomic mass is 9.87. The molecule has 3 aromatic carbocycles. The lowest BCUT2D eigenvalue weighted by molar-refractivity contribution is -0.163. The van der Waals surface area contributed by atoms with E-state index in [0.29, 0.717) is 0 Å². The molecule has 4 atom stereocenters. The van der Waals surface area contributed by atoms with Crippen LogP contribution in [0.5, 0.6) is 0 Å². The maximum Gasteiger partial charge on any atom is 0.416 e. The Bertz CT molecular complexity index is 1580. The van der Waals surface area contributed by atoms with E-state index in [9.17, 15) is 32.3 Å². The van der Waals surface area contributed by atoms with Crippen LogP contribution in [0.4, 0.5) is 18.0 Å². The Morgan fingerprint density at radius 2 is 1.69 bits per heavy atom. The number of nitrogens with one attached hydrogen (secondary N) is 1. The highest BCUT2D eigenvalue weighted by Crippen LogP contribution is 2.39. The van der Waals surface area contributed by atoms with Crippen molar-refractivity contribution in [3.05, 3.63) is 113 Å². The molecule has 3 aromatic rings. The van der Waals surface area contributed by atoms with Crippen LogP contribution in [0.3, 0.4) is 0 Å². The van der Waals surface area contributed by atoms with Gasteiger partial charge in [-0.05, 0) is 42.2 Å². The molecule has 45 heavy (non-hydrogen) atoms. The van der Waals surface area contributed by atoms with Crippen molar-refractivity contribution in [1.82, 2.24) is 15.1 Å². The van der Waals surface area contributed by atoms with Crippen molar-refractivity contribution in [2.24, 2.45) is 0 Å². The van der Waals surface area contributed by atoms with Crippen molar-refractivity contribution >= 4 is 29.8 Å². The molecule has 0 spiro atoms. The number of hydrogen-bond acceptors (Lipinski definition) is 5. The molecule has 0 aliphatic carbocycles. The number of likely N-dealkylation sites (tertiary alicyclic amines) is 1. The number of halogens is 3. The first kappa shape index (κ1) is 31.5. The second kappa shape index (κ2) is 13.4. The van der Waals surface area contributed by atoms with Gasteiger partial charge < -0.3 is 19.7 Å². The maximum atomic E-state index is 14.0. The molecule has 5 rings (SSSR count). The van der Waals surface area contributed by atoms with E-state index in [2.05, 4.69) is 5.32 Å². The molecule has 2 heterocycles. The van der Waals surface area contributed by atoms with Crippen molar-refractivity contribution in [1.29, 1.82) is 0 Å². The van der Waals surface area contributed by atoms with Gasteiger partial charge in [0.1, 0.15) is 24.5 Å². The number of rotatable bonds is 11. The highest BCUT2D eigenvalue weighted by Gasteiger charge is 2.57. The fourth-order valence-corrected chi connectivity index (χ4v) is 5.71. The number of β-lactam (4-membered cyclic amide) rings is 1.